The number of hydrogen-bond donors (Lipinski definition) is 9. The summed E-state index contributed by atoms with van der Waals surface area (Å²) in [7, 11) is -16.4. The molecule has 28 heteroatoms. The number of nitrogen functional groups attached to an aromatic ring is 1. The first-order valence-electron chi connectivity index (χ1n) is 22.1. The number of aromatic nitrogens is 4. The van der Waals surface area contributed by atoms with Gasteiger partial charge in [-0.15, -0.1) is 0 Å². The zero-order valence-electron chi connectivity index (χ0n) is 37.7. The van der Waals surface area contributed by atoms with Crippen molar-refractivity contribution in [3.8, 4) is 0 Å². The highest BCUT2D eigenvalue weighted by Crippen LogP contribution is 2.61. The molecule has 0 bridgehead atoms. The summed E-state index contributed by atoms with van der Waals surface area (Å²) in [5.41, 5.74) is 4.29. The van der Waals surface area contributed by atoms with Crippen molar-refractivity contribution in [3.05, 3.63) is 12.7 Å². The lowest BCUT2D eigenvalue weighted by molar-refractivity contribution is -0.137. The first-order chi connectivity index (χ1) is 31.1. The number of nitrogens with zero attached hydrogens (tertiary/aromatic N) is 4. The first-order valence-corrected chi connectivity index (χ1v) is 27.6. The molecule has 2 aromatic rings. The molecule has 1 aliphatic rings. The molecule has 66 heavy (non-hydrogen) atoms. The second kappa shape index (κ2) is 28.3. The zero-order valence-corrected chi connectivity index (χ0v) is 41.2. The summed E-state index contributed by atoms with van der Waals surface area (Å²) in [5, 5.41) is 26.7. The Bertz CT molecular complexity index is 1980. The van der Waals surface area contributed by atoms with Gasteiger partial charge in [-0.2, -0.15) is 4.31 Å². The summed E-state index contributed by atoms with van der Waals surface area (Å²) in [6, 6.07) is 0. The lowest BCUT2D eigenvalue weighted by atomic mass is 9.87. The topological polar surface area (TPSA) is 364 Å². The van der Waals surface area contributed by atoms with E-state index in [-0.39, 0.29) is 41.6 Å². The van der Waals surface area contributed by atoms with E-state index in [1.165, 1.54) is 84.5 Å². The van der Waals surface area contributed by atoms with E-state index < -0.39 is 84.6 Å². The van der Waals surface area contributed by atoms with E-state index in [9.17, 15) is 57.9 Å². The number of nitrogens with two attached hydrogens (primary N) is 1. The van der Waals surface area contributed by atoms with Crippen molar-refractivity contribution < 1.29 is 80.5 Å². The predicted molar refractivity (Wildman–Crippen MR) is 242 cm³/mol. The van der Waals surface area contributed by atoms with Crippen LogP contribution >= 0.6 is 35.2 Å². The monoisotopic (exact) mass is 1020 g/mol. The van der Waals surface area contributed by atoms with Gasteiger partial charge in [0.05, 0.1) is 19.5 Å². The number of fused-ring (bicyclic) bond motifs is 1. The fourth-order valence-corrected chi connectivity index (χ4v) is 10.4. The Labute approximate surface area is 388 Å². The molecule has 1 saturated heterocycles. The number of aliphatic hydroxyl groups excluding tert-OH is 2. The number of unbranched alkanes of at least 4 members (excludes halogenated alkanes) is 13. The van der Waals surface area contributed by atoms with Crippen LogP contribution in [0.2, 0.25) is 0 Å². The molecule has 0 aromatic carbocycles. The number of phosphoric ester groups is 3. The minimum atomic E-state index is -5.57. The number of phosphoric acid groups is 3. The van der Waals surface area contributed by atoms with Crippen LogP contribution in [0.4, 0.5) is 5.82 Å². The Morgan fingerprint density at radius 3 is 2.06 bits per heavy atom. The number of carbonyl (C=O) groups is 3. The zero-order chi connectivity index (χ0) is 49.0. The fraction of sp³-hybridized carbons (Fsp3) is 0.789. The molecule has 3 rings (SSSR count). The smallest absolute Gasteiger partial charge is 0.386 e. The van der Waals surface area contributed by atoms with Crippen molar-refractivity contribution in [2.75, 3.05) is 37.8 Å². The Morgan fingerprint density at radius 2 is 1.45 bits per heavy atom. The summed E-state index contributed by atoms with van der Waals surface area (Å²) in [4.78, 5) is 88.3. The van der Waals surface area contributed by atoms with Crippen molar-refractivity contribution in [2.24, 2.45) is 5.41 Å². The number of amides is 2. The molecule has 0 radical (unpaired) electrons. The van der Waals surface area contributed by atoms with Crippen LogP contribution in [0.25, 0.3) is 11.2 Å². The number of hydrogen-bond acceptors (Lipinski definition) is 18. The molecular formula is C38H68N7O17P3S. The van der Waals surface area contributed by atoms with E-state index in [1.807, 2.05) is 0 Å². The van der Waals surface area contributed by atoms with Gasteiger partial charge in [-0.25, -0.2) is 28.6 Å². The van der Waals surface area contributed by atoms with E-state index in [0.29, 0.717) is 12.2 Å². The van der Waals surface area contributed by atoms with Crippen molar-refractivity contribution >= 4 is 69.1 Å². The number of ether oxygens (including phenoxy) is 1. The van der Waals surface area contributed by atoms with Crippen LogP contribution in [0.15, 0.2) is 12.7 Å². The Morgan fingerprint density at radius 1 is 0.864 bits per heavy atom. The standard InChI is InChI=1S/C38H68N7O17P3S/c1-4-5-6-7-8-9-10-11-12-13-14-15-16-17-18-29(47)66-22-21-40-28(46)19-20-41-36(50)33(49)38(2,3)24-59-65(56,57)62-64(54,55)58-23-27-32(61-63(51,52)53)31(48)37(60-27)45-26-44-30-34(39)42-25-43-35(30)45/h25-27,31-33,37,48-49H,4-24H2,1-3H3,(H,40,46)(H,41,50)(H,54,55)(H,56,57)(H2,39,42,43)(H2,51,52,53)/t27-,31?,32-,33?,37-/m1/s1. The van der Waals surface area contributed by atoms with Gasteiger partial charge in [-0.1, -0.05) is 116 Å². The number of rotatable bonds is 34. The number of thioether (sulfide) groups is 1. The lowest BCUT2D eigenvalue weighted by Crippen LogP contribution is -2.46. The average molecular weight is 1020 g/mol. The van der Waals surface area contributed by atoms with Gasteiger partial charge in [-0.3, -0.25) is 32.5 Å². The third kappa shape index (κ3) is 21.1. The SMILES string of the molecule is CCCCCCCCCCCCCCCCC(=O)SCCNC(=O)CCNC(=O)C(O)C(C)(C)COP(=O)(O)OP(=O)(O)OC[C@H]1O[C@@H](n2cnc3c(N)ncnc32)C(O)[C@@H]1OP(=O)(O)O. The molecular weight excluding hydrogens is 951 g/mol. The van der Waals surface area contributed by atoms with Gasteiger partial charge in [0.25, 0.3) is 0 Å². The molecule has 1 aliphatic heterocycles. The molecule has 378 valence electrons. The number of carbonyl (C=O) groups excluding carboxylic acids is 3. The van der Waals surface area contributed by atoms with Gasteiger partial charge in [0, 0.05) is 37.1 Å². The van der Waals surface area contributed by atoms with E-state index in [1.54, 1.807) is 0 Å². The number of nitrogens with one attached hydrogen (secondary N) is 2. The maximum Gasteiger partial charge on any atom is 0.481 e. The largest absolute Gasteiger partial charge is 0.481 e. The Kier molecular flexibility index (Phi) is 24.8. The highest BCUT2D eigenvalue weighted by molar-refractivity contribution is 8.13. The molecule has 10 N–H and O–H groups in total. The quantitative estimate of drug-likeness (QED) is 0.0343. The van der Waals surface area contributed by atoms with Crippen molar-refractivity contribution in [3.63, 3.8) is 0 Å². The second-order valence-corrected chi connectivity index (χ2v) is 22.0. The molecule has 24 nitrogen and oxygen atoms in total. The molecule has 3 heterocycles. The van der Waals surface area contributed by atoms with E-state index >= 15 is 0 Å². The molecule has 0 saturated carbocycles. The molecule has 1 fully saturated rings. The minimum absolute atomic E-state index is 0.0339. The third-order valence-electron chi connectivity index (χ3n) is 10.5. The van der Waals surface area contributed by atoms with Crippen LogP contribution in [0.1, 0.15) is 130 Å². The normalized spacial score (nSPS) is 20.2. The summed E-state index contributed by atoms with van der Waals surface area (Å²) in [5.74, 6) is -1.02. The molecule has 2 aromatic heterocycles. The number of anilines is 1. The van der Waals surface area contributed by atoms with Crippen molar-refractivity contribution in [2.45, 2.75) is 154 Å². The predicted octanol–water partition coefficient (Wildman–Crippen LogP) is 4.54. The molecule has 0 aliphatic carbocycles. The van der Waals surface area contributed by atoms with Crippen LogP contribution in [0, 0.1) is 5.41 Å². The highest BCUT2D eigenvalue weighted by Gasteiger charge is 2.50. The van der Waals surface area contributed by atoms with Crippen LogP contribution < -0.4 is 16.4 Å². The van der Waals surface area contributed by atoms with E-state index in [4.69, 9.17) is 19.5 Å². The van der Waals surface area contributed by atoms with Crippen LogP contribution in [0.5, 0.6) is 0 Å². The maximum atomic E-state index is 12.7. The minimum Gasteiger partial charge on any atom is -0.386 e. The summed E-state index contributed by atoms with van der Waals surface area (Å²) in [6.07, 6.45) is 10.9. The average Bonchev–Trinajstić information content (AvgIpc) is 3.80. The highest BCUT2D eigenvalue weighted by atomic mass is 32.2. The Hall–Kier alpha value is -2.44. The van der Waals surface area contributed by atoms with E-state index in [2.05, 4.69) is 41.3 Å². The van der Waals surface area contributed by atoms with Crippen LogP contribution in [-0.2, 0) is 50.7 Å². The van der Waals surface area contributed by atoms with Gasteiger partial charge >= 0.3 is 23.5 Å². The third-order valence-corrected chi connectivity index (χ3v) is 14.5. The first kappa shape index (κ1) is 57.9. The van der Waals surface area contributed by atoms with Gasteiger partial charge < -0.3 is 50.9 Å². The second-order valence-electron chi connectivity index (χ2n) is 16.6. The van der Waals surface area contributed by atoms with Gasteiger partial charge in [0.1, 0.15) is 36.3 Å². The maximum absolute atomic E-state index is 12.7. The summed E-state index contributed by atoms with van der Waals surface area (Å²) >= 11 is 1.16. The van der Waals surface area contributed by atoms with Crippen molar-refractivity contribution in [1.29, 1.82) is 0 Å². The Balaban J connectivity index is 1.31. The van der Waals surface area contributed by atoms with Gasteiger partial charge in [0.15, 0.2) is 22.8 Å². The molecule has 7 atom stereocenters. The van der Waals surface area contributed by atoms with Gasteiger partial charge in [-0.05, 0) is 6.42 Å². The van der Waals surface area contributed by atoms with Crippen LogP contribution in [0.3, 0.4) is 0 Å². The van der Waals surface area contributed by atoms with Crippen molar-refractivity contribution in [1.82, 2.24) is 30.2 Å². The number of aliphatic hydroxyl groups is 2. The van der Waals surface area contributed by atoms with Gasteiger partial charge in [0.2, 0.25) is 11.8 Å². The summed E-state index contributed by atoms with van der Waals surface area (Å²) in [6.45, 7) is 2.82. The fourth-order valence-electron chi connectivity index (χ4n) is 6.83. The van der Waals surface area contributed by atoms with Crippen LogP contribution in [-0.4, -0.2) is 123 Å². The molecule has 4 unspecified atom stereocenters. The summed E-state index contributed by atoms with van der Waals surface area (Å²) < 4.78 is 62.4. The molecule has 2 amide bonds. The lowest BCUT2D eigenvalue weighted by Gasteiger charge is -2.30. The number of imidazole rings is 1. The van der Waals surface area contributed by atoms with E-state index in [0.717, 1.165) is 48.2 Å². The molecule has 0 spiro atoms.